The van der Waals surface area contributed by atoms with Gasteiger partial charge in [0.05, 0.1) is 11.5 Å². The van der Waals surface area contributed by atoms with Crippen molar-refractivity contribution in [2.24, 2.45) is 0 Å². The zero-order valence-electron chi connectivity index (χ0n) is 5.53. The quantitative estimate of drug-likeness (QED) is 0.536. The molecule has 1 atom stereocenters. The predicted molar refractivity (Wildman–Crippen MR) is 37.1 cm³/mol. The van der Waals surface area contributed by atoms with Crippen molar-refractivity contribution >= 4 is 20.1 Å². The van der Waals surface area contributed by atoms with Gasteiger partial charge in [-0.05, 0) is 6.42 Å². The van der Waals surface area contributed by atoms with Gasteiger partial charge in [0.1, 0.15) is 5.25 Å². The highest BCUT2D eigenvalue weighted by Crippen LogP contribution is 2.19. The zero-order valence-corrected chi connectivity index (χ0v) is 7.16. The highest BCUT2D eigenvalue weighted by molar-refractivity contribution is 7.94. The predicted octanol–water partition coefficient (Wildman–Crippen LogP) is -0.527. The van der Waals surface area contributed by atoms with E-state index in [0.29, 0.717) is 0 Å². The Labute approximate surface area is 64.5 Å². The first-order valence-electron chi connectivity index (χ1n) is 2.95. The summed E-state index contributed by atoms with van der Waals surface area (Å²) in [5.41, 5.74) is 0. The van der Waals surface area contributed by atoms with E-state index in [-0.39, 0.29) is 12.2 Å². The van der Waals surface area contributed by atoms with Crippen LogP contribution in [0.2, 0.25) is 0 Å². The lowest BCUT2D eigenvalue weighted by Gasteiger charge is -1.97. The summed E-state index contributed by atoms with van der Waals surface area (Å²) in [6.07, 6.45) is -0.110. The van der Waals surface area contributed by atoms with E-state index < -0.39 is 31.1 Å². The van der Waals surface area contributed by atoms with Crippen molar-refractivity contribution in [2.45, 2.75) is 11.7 Å². The fourth-order valence-electron chi connectivity index (χ4n) is 0.983. The van der Waals surface area contributed by atoms with E-state index in [9.17, 15) is 20.7 Å². The third kappa shape index (κ3) is 2.13. The number of hydrogen-bond donors (Lipinski definition) is 0. The standard InChI is InChI=1S/C4H7FO4S2/c5-11(8,9)4-1-2-10(6,7)3-4/h4H,1-3H2. The van der Waals surface area contributed by atoms with Crippen LogP contribution in [0.3, 0.4) is 0 Å². The molecule has 0 radical (unpaired) electrons. The Morgan fingerprint density at radius 3 is 2.09 bits per heavy atom. The highest BCUT2D eigenvalue weighted by atomic mass is 32.3. The third-order valence-corrected chi connectivity index (χ3v) is 4.77. The second-order valence-corrected chi connectivity index (χ2v) is 6.35. The molecule has 1 saturated heterocycles. The molecule has 0 amide bonds. The second kappa shape index (κ2) is 2.41. The molecule has 0 aromatic rings. The molecule has 1 heterocycles. The topological polar surface area (TPSA) is 68.3 Å². The fourth-order valence-corrected chi connectivity index (χ4v) is 4.35. The Morgan fingerprint density at radius 2 is 1.91 bits per heavy atom. The van der Waals surface area contributed by atoms with Gasteiger partial charge in [0.25, 0.3) is 0 Å². The van der Waals surface area contributed by atoms with Crippen molar-refractivity contribution < 1.29 is 20.7 Å². The van der Waals surface area contributed by atoms with E-state index in [0.717, 1.165) is 0 Å². The lowest BCUT2D eigenvalue weighted by molar-refractivity contribution is 0.538. The highest BCUT2D eigenvalue weighted by Gasteiger charge is 2.37. The van der Waals surface area contributed by atoms with Crippen LogP contribution in [0, 0.1) is 0 Å². The molecule has 66 valence electrons. The molecule has 1 fully saturated rings. The Balaban J connectivity index is 2.87. The molecule has 7 heteroatoms. The maximum absolute atomic E-state index is 12.1. The first-order chi connectivity index (χ1) is 4.81. The van der Waals surface area contributed by atoms with Crippen molar-refractivity contribution in [1.82, 2.24) is 0 Å². The molecular weight excluding hydrogens is 195 g/mol. The summed E-state index contributed by atoms with van der Waals surface area (Å²) in [6, 6.07) is 0. The van der Waals surface area contributed by atoms with Crippen molar-refractivity contribution in [3.05, 3.63) is 0 Å². The lowest BCUT2D eigenvalue weighted by atomic mass is 10.4. The summed E-state index contributed by atoms with van der Waals surface area (Å²) >= 11 is 0. The molecule has 11 heavy (non-hydrogen) atoms. The Kier molecular flexibility index (Phi) is 1.96. The molecule has 1 unspecified atom stereocenters. The molecule has 0 aromatic heterocycles. The van der Waals surface area contributed by atoms with Crippen molar-refractivity contribution in [3.8, 4) is 0 Å². The summed E-state index contributed by atoms with van der Waals surface area (Å²) in [7, 11) is -7.95. The Morgan fingerprint density at radius 1 is 1.36 bits per heavy atom. The lowest BCUT2D eigenvalue weighted by Crippen LogP contribution is -2.17. The SMILES string of the molecule is O=S1(=O)CCC(S(=O)(=O)F)C1. The maximum atomic E-state index is 12.1. The van der Waals surface area contributed by atoms with Gasteiger partial charge in [0.2, 0.25) is 0 Å². The van der Waals surface area contributed by atoms with E-state index in [1.807, 2.05) is 0 Å². The van der Waals surface area contributed by atoms with Gasteiger partial charge in [-0.1, -0.05) is 0 Å². The molecule has 0 bridgehead atoms. The van der Waals surface area contributed by atoms with E-state index in [2.05, 4.69) is 0 Å². The Hall–Kier alpha value is -0.170. The summed E-state index contributed by atoms with van der Waals surface area (Å²) in [5, 5.41) is -1.33. The van der Waals surface area contributed by atoms with Gasteiger partial charge >= 0.3 is 10.2 Å². The smallest absolute Gasteiger partial charge is 0.229 e. The first kappa shape index (κ1) is 8.92. The van der Waals surface area contributed by atoms with Crippen LogP contribution in [0.1, 0.15) is 6.42 Å². The molecule has 0 aliphatic carbocycles. The van der Waals surface area contributed by atoms with Gasteiger partial charge in [0, 0.05) is 0 Å². The number of halogens is 1. The van der Waals surface area contributed by atoms with Gasteiger partial charge in [-0.15, -0.1) is 3.89 Å². The van der Waals surface area contributed by atoms with Gasteiger partial charge < -0.3 is 0 Å². The average Bonchev–Trinajstić information content (AvgIpc) is 2.07. The minimum atomic E-state index is -4.65. The summed E-state index contributed by atoms with van der Waals surface area (Å²) in [4.78, 5) is 0. The van der Waals surface area contributed by atoms with Crippen molar-refractivity contribution in [3.63, 3.8) is 0 Å². The van der Waals surface area contributed by atoms with Crippen LogP contribution < -0.4 is 0 Å². The molecule has 0 N–H and O–H groups in total. The molecule has 0 saturated carbocycles. The summed E-state index contributed by atoms with van der Waals surface area (Å²) in [6.45, 7) is 0. The van der Waals surface area contributed by atoms with Crippen LogP contribution in [0.5, 0.6) is 0 Å². The Bertz CT molecular complexity index is 340. The molecule has 1 rings (SSSR count). The van der Waals surface area contributed by atoms with E-state index in [1.54, 1.807) is 0 Å². The van der Waals surface area contributed by atoms with Gasteiger partial charge in [-0.2, -0.15) is 8.42 Å². The van der Waals surface area contributed by atoms with Crippen LogP contribution >= 0.6 is 0 Å². The van der Waals surface area contributed by atoms with Crippen LogP contribution in [0.25, 0.3) is 0 Å². The molecule has 1 aliphatic rings. The molecule has 1 aliphatic heterocycles. The van der Waals surface area contributed by atoms with Crippen molar-refractivity contribution in [2.75, 3.05) is 11.5 Å². The van der Waals surface area contributed by atoms with Gasteiger partial charge in [-0.3, -0.25) is 0 Å². The second-order valence-electron chi connectivity index (χ2n) is 2.50. The molecule has 0 spiro atoms. The average molecular weight is 202 g/mol. The van der Waals surface area contributed by atoms with E-state index in [1.165, 1.54) is 0 Å². The maximum Gasteiger partial charge on any atom is 0.306 e. The minimum Gasteiger partial charge on any atom is -0.229 e. The van der Waals surface area contributed by atoms with E-state index >= 15 is 0 Å². The molecule has 0 aromatic carbocycles. The summed E-state index contributed by atoms with van der Waals surface area (Å²) in [5.74, 6) is -0.785. The van der Waals surface area contributed by atoms with Crippen LogP contribution in [-0.4, -0.2) is 33.6 Å². The number of rotatable bonds is 1. The molecule has 4 nitrogen and oxygen atoms in total. The fraction of sp³-hybridized carbons (Fsp3) is 1.00. The van der Waals surface area contributed by atoms with E-state index in [4.69, 9.17) is 0 Å². The zero-order chi connectivity index (χ0) is 8.70. The number of sulfone groups is 1. The van der Waals surface area contributed by atoms with Crippen LogP contribution in [-0.2, 0) is 20.1 Å². The number of hydrogen-bond acceptors (Lipinski definition) is 4. The largest absolute Gasteiger partial charge is 0.306 e. The van der Waals surface area contributed by atoms with Crippen LogP contribution in [0.15, 0.2) is 0 Å². The summed E-state index contributed by atoms with van der Waals surface area (Å²) < 4.78 is 53.8. The third-order valence-electron chi connectivity index (χ3n) is 1.59. The molecular formula is C4H7FO4S2. The monoisotopic (exact) mass is 202 g/mol. The first-order valence-corrected chi connectivity index (χ1v) is 6.22. The van der Waals surface area contributed by atoms with Crippen LogP contribution in [0.4, 0.5) is 3.89 Å². The van der Waals surface area contributed by atoms with Gasteiger partial charge in [-0.25, -0.2) is 8.42 Å². The normalized spacial score (nSPS) is 30.5. The minimum absolute atomic E-state index is 0.110. The van der Waals surface area contributed by atoms with Crippen molar-refractivity contribution in [1.29, 1.82) is 0 Å². The van der Waals surface area contributed by atoms with Gasteiger partial charge in [0.15, 0.2) is 9.84 Å².